The molecule has 5 nitrogen and oxygen atoms in total. The lowest BCUT2D eigenvalue weighted by atomic mass is 9.75. The molecule has 2 rings (SSSR count). The zero-order valence-corrected chi connectivity index (χ0v) is 14.6. The van der Waals surface area contributed by atoms with E-state index in [0.29, 0.717) is 23.5 Å². The van der Waals surface area contributed by atoms with Gasteiger partial charge in [-0.25, -0.2) is 4.79 Å². The van der Waals surface area contributed by atoms with E-state index in [1.807, 2.05) is 0 Å². The monoisotopic (exact) mass is 330 g/mol. The Bertz CT molecular complexity index is 411. The smallest absolute Gasteiger partial charge is 0.346 e. The second-order valence-electron chi connectivity index (χ2n) is 6.64. The van der Waals surface area contributed by atoms with Gasteiger partial charge in [0, 0.05) is 6.92 Å². The molecule has 1 saturated carbocycles. The quantitative estimate of drug-likeness (QED) is 0.739. The van der Waals surface area contributed by atoms with Crippen molar-refractivity contribution < 1.29 is 23.8 Å². The number of esters is 2. The van der Waals surface area contributed by atoms with E-state index in [1.54, 1.807) is 0 Å². The van der Waals surface area contributed by atoms with E-state index in [0.717, 1.165) is 12.8 Å². The van der Waals surface area contributed by atoms with Crippen molar-refractivity contribution in [2.24, 2.45) is 17.8 Å². The van der Waals surface area contributed by atoms with Gasteiger partial charge in [0.25, 0.3) is 0 Å². The Kier molecular flexibility index (Phi) is 6.15. The van der Waals surface area contributed by atoms with E-state index in [9.17, 15) is 9.59 Å². The second-order valence-corrected chi connectivity index (χ2v) is 7.74. The molecule has 22 heavy (non-hydrogen) atoms. The molecule has 6 heteroatoms. The summed E-state index contributed by atoms with van der Waals surface area (Å²) in [4.78, 5) is 23.2. The van der Waals surface area contributed by atoms with Crippen LogP contribution in [0.4, 0.5) is 0 Å². The Hall–Kier alpha value is -0.750. The van der Waals surface area contributed by atoms with Crippen LogP contribution >= 0.6 is 11.8 Å². The third-order valence-corrected chi connectivity index (χ3v) is 5.45. The van der Waals surface area contributed by atoms with Gasteiger partial charge in [0.05, 0.1) is 5.75 Å². The van der Waals surface area contributed by atoms with Crippen LogP contribution in [-0.2, 0) is 23.8 Å². The van der Waals surface area contributed by atoms with Crippen molar-refractivity contribution in [3.05, 3.63) is 0 Å². The van der Waals surface area contributed by atoms with Gasteiger partial charge in [-0.1, -0.05) is 27.2 Å². The summed E-state index contributed by atoms with van der Waals surface area (Å²) in [5, 5.41) is 0. The van der Waals surface area contributed by atoms with Gasteiger partial charge < -0.3 is 14.2 Å². The Morgan fingerprint density at radius 1 is 1.23 bits per heavy atom. The minimum atomic E-state index is -0.686. The van der Waals surface area contributed by atoms with E-state index in [1.165, 1.54) is 25.1 Å². The number of hydrogen-bond acceptors (Lipinski definition) is 6. The average molecular weight is 330 g/mol. The standard InChI is InChI=1S/C16H26O5S/c1-9(2)12-6-5-10(3)7-13(12)20-15(18)16-21-14(8-22-16)19-11(4)17/h9-10,12-14,16H,5-8H2,1-4H3/t10-,12?,13?,14-,16-/m0/s1. The highest BCUT2D eigenvalue weighted by Crippen LogP contribution is 2.36. The lowest BCUT2D eigenvalue weighted by molar-refractivity contribution is -0.185. The highest BCUT2D eigenvalue weighted by Gasteiger charge is 2.39. The van der Waals surface area contributed by atoms with Crippen molar-refractivity contribution >= 4 is 23.7 Å². The fourth-order valence-corrected chi connectivity index (χ4v) is 4.08. The van der Waals surface area contributed by atoms with Crippen LogP contribution in [0.3, 0.4) is 0 Å². The van der Waals surface area contributed by atoms with Crippen molar-refractivity contribution in [3.8, 4) is 0 Å². The van der Waals surface area contributed by atoms with E-state index in [-0.39, 0.29) is 12.1 Å². The number of carbonyl (C=O) groups excluding carboxylic acids is 2. The minimum Gasteiger partial charge on any atom is -0.459 e. The van der Waals surface area contributed by atoms with Crippen molar-refractivity contribution in [2.45, 2.75) is 64.8 Å². The summed E-state index contributed by atoms with van der Waals surface area (Å²) in [7, 11) is 0. The molecule has 0 radical (unpaired) electrons. The van der Waals surface area contributed by atoms with Crippen LogP contribution in [0.25, 0.3) is 0 Å². The number of carbonyl (C=O) groups is 2. The Morgan fingerprint density at radius 2 is 1.95 bits per heavy atom. The highest BCUT2D eigenvalue weighted by molar-refractivity contribution is 8.00. The number of hydrogen-bond donors (Lipinski definition) is 0. The molecule has 2 unspecified atom stereocenters. The average Bonchev–Trinajstić information content (AvgIpc) is 2.86. The summed E-state index contributed by atoms with van der Waals surface area (Å²) in [5.41, 5.74) is -0.686. The lowest BCUT2D eigenvalue weighted by Crippen LogP contribution is -2.38. The van der Waals surface area contributed by atoms with Crippen LogP contribution in [0.2, 0.25) is 0 Å². The zero-order valence-electron chi connectivity index (χ0n) is 13.7. The molecule has 1 aliphatic carbocycles. The van der Waals surface area contributed by atoms with E-state index >= 15 is 0 Å². The third-order valence-electron chi connectivity index (χ3n) is 4.38. The molecule has 0 aromatic carbocycles. The lowest BCUT2D eigenvalue weighted by Gasteiger charge is -2.37. The molecular formula is C16H26O5S. The van der Waals surface area contributed by atoms with Gasteiger partial charge in [-0.2, -0.15) is 0 Å². The van der Waals surface area contributed by atoms with Crippen LogP contribution in [-0.4, -0.2) is 35.5 Å². The molecule has 0 aromatic rings. The first-order chi connectivity index (χ1) is 10.4. The molecule has 126 valence electrons. The highest BCUT2D eigenvalue weighted by atomic mass is 32.2. The fraction of sp³-hybridized carbons (Fsp3) is 0.875. The van der Waals surface area contributed by atoms with E-state index in [4.69, 9.17) is 14.2 Å². The molecule has 5 atom stereocenters. The Labute approximate surface area is 136 Å². The first-order valence-electron chi connectivity index (χ1n) is 8.01. The molecular weight excluding hydrogens is 304 g/mol. The first-order valence-corrected chi connectivity index (χ1v) is 9.06. The fourth-order valence-electron chi connectivity index (χ4n) is 3.21. The van der Waals surface area contributed by atoms with Gasteiger partial charge in [0.1, 0.15) is 6.10 Å². The Balaban J connectivity index is 1.88. The largest absolute Gasteiger partial charge is 0.459 e. The van der Waals surface area contributed by atoms with Crippen LogP contribution in [0.15, 0.2) is 0 Å². The third kappa shape index (κ3) is 4.62. The first kappa shape index (κ1) is 17.6. The van der Waals surface area contributed by atoms with Gasteiger partial charge >= 0.3 is 11.9 Å². The molecule has 0 N–H and O–H groups in total. The maximum Gasteiger partial charge on any atom is 0.346 e. The summed E-state index contributed by atoms with van der Waals surface area (Å²) in [6, 6.07) is 0. The van der Waals surface area contributed by atoms with Crippen molar-refractivity contribution in [1.82, 2.24) is 0 Å². The molecule has 1 aliphatic heterocycles. The number of ether oxygens (including phenoxy) is 3. The SMILES string of the molecule is CC(=O)O[C@@H]1CS[C@@H](C(=O)OC2C[C@@H](C)CCC2C(C)C)O1. The minimum absolute atomic E-state index is 0.0341. The molecule has 2 aliphatic rings. The molecule has 2 fully saturated rings. The zero-order chi connectivity index (χ0) is 16.3. The van der Waals surface area contributed by atoms with Gasteiger partial charge in [0.15, 0.2) is 0 Å². The topological polar surface area (TPSA) is 61.8 Å². The van der Waals surface area contributed by atoms with Crippen molar-refractivity contribution in [1.29, 1.82) is 0 Å². The molecule has 0 amide bonds. The summed E-state index contributed by atoms with van der Waals surface area (Å²) >= 11 is 1.33. The summed E-state index contributed by atoms with van der Waals surface area (Å²) in [6.45, 7) is 7.89. The van der Waals surface area contributed by atoms with Crippen LogP contribution in [0, 0.1) is 17.8 Å². The normalized spacial score (nSPS) is 35.4. The molecule has 0 spiro atoms. The molecule has 0 bridgehead atoms. The predicted molar refractivity (Wildman–Crippen MR) is 84.1 cm³/mol. The summed E-state index contributed by atoms with van der Waals surface area (Å²) in [6.07, 6.45) is 2.53. The predicted octanol–water partition coefficient (Wildman–Crippen LogP) is 2.97. The summed E-state index contributed by atoms with van der Waals surface area (Å²) in [5.74, 6) is 1.21. The molecule has 1 heterocycles. The molecule has 0 aromatic heterocycles. The van der Waals surface area contributed by atoms with E-state index in [2.05, 4.69) is 20.8 Å². The van der Waals surface area contributed by atoms with Crippen molar-refractivity contribution in [2.75, 3.05) is 5.75 Å². The van der Waals surface area contributed by atoms with Gasteiger partial charge in [-0.15, -0.1) is 11.8 Å². The van der Waals surface area contributed by atoms with Crippen LogP contribution < -0.4 is 0 Å². The number of rotatable bonds is 4. The van der Waals surface area contributed by atoms with E-state index < -0.39 is 17.7 Å². The van der Waals surface area contributed by atoms with Crippen LogP contribution in [0.1, 0.15) is 47.0 Å². The molecule has 1 saturated heterocycles. The van der Waals surface area contributed by atoms with Crippen LogP contribution in [0.5, 0.6) is 0 Å². The van der Waals surface area contributed by atoms with Gasteiger partial charge in [-0.05, 0) is 30.6 Å². The maximum absolute atomic E-state index is 12.3. The maximum atomic E-state index is 12.3. The van der Waals surface area contributed by atoms with Crippen molar-refractivity contribution in [3.63, 3.8) is 0 Å². The Morgan fingerprint density at radius 3 is 2.59 bits per heavy atom. The van der Waals surface area contributed by atoms with Gasteiger partial charge in [-0.3, -0.25) is 4.79 Å². The summed E-state index contributed by atoms with van der Waals surface area (Å²) < 4.78 is 16.2. The van der Waals surface area contributed by atoms with Gasteiger partial charge in [0.2, 0.25) is 11.7 Å². The number of thioether (sulfide) groups is 1. The second kappa shape index (κ2) is 7.68.